The van der Waals surface area contributed by atoms with Gasteiger partial charge in [-0.2, -0.15) is 0 Å². The predicted molar refractivity (Wildman–Crippen MR) is 148 cm³/mol. The fourth-order valence-corrected chi connectivity index (χ4v) is 5.72. The fraction of sp³-hybridized carbons (Fsp3) is 0.938. The van der Waals surface area contributed by atoms with E-state index in [0.29, 0.717) is 0 Å². The first-order chi connectivity index (χ1) is 16.8. The minimum Gasteiger partial charge on any atom is -0.302 e. The molecule has 0 heterocycles. The molecule has 0 aromatic heterocycles. The van der Waals surface area contributed by atoms with Crippen molar-refractivity contribution in [1.82, 2.24) is 0 Å². The summed E-state index contributed by atoms with van der Waals surface area (Å²) < 4.78 is 0. The summed E-state index contributed by atoms with van der Waals surface area (Å²) in [6, 6.07) is 0. The van der Waals surface area contributed by atoms with Crippen LogP contribution in [0, 0.1) is 5.41 Å². The van der Waals surface area contributed by atoms with Crippen molar-refractivity contribution >= 4 is 12.6 Å². The SMILES string of the molecule is C1CCCCCCCCC1.C1CCCCCCCCC1.O=CC1(C=O)CCCCCCCCC1. The molecule has 0 aliphatic heterocycles. The van der Waals surface area contributed by atoms with Crippen molar-refractivity contribution in [1.29, 1.82) is 0 Å². The average Bonchev–Trinajstić information content (AvgIpc) is 2.90. The maximum Gasteiger partial charge on any atom is 0.133 e. The van der Waals surface area contributed by atoms with Crippen LogP contribution in [0.25, 0.3) is 0 Å². The number of hydrogen-bond acceptors (Lipinski definition) is 2. The van der Waals surface area contributed by atoms with Crippen LogP contribution in [0.4, 0.5) is 0 Å². The van der Waals surface area contributed by atoms with Gasteiger partial charge in [0.2, 0.25) is 0 Å². The summed E-state index contributed by atoms with van der Waals surface area (Å²) in [7, 11) is 0. The van der Waals surface area contributed by atoms with Crippen LogP contribution in [0.3, 0.4) is 0 Å². The maximum absolute atomic E-state index is 10.9. The van der Waals surface area contributed by atoms with Crippen molar-refractivity contribution in [2.75, 3.05) is 0 Å². The molecule has 2 nitrogen and oxygen atoms in total. The van der Waals surface area contributed by atoms with E-state index in [1.54, 1.807) is 0 Å². The van der Waals surface area contributed by atoms with Crippen molar-refractivity contribution in [3.63, 3.8) is 0 Å². The van der Waals surface area contributed by atoms with Gasteiger partial charge < -0.3 is 9.59 Å². The molecule has 0 amide bonds. The number of carbonyl (C=O) groups is 2. The molecule has 0 aromatic rings. The van der Waals surface area contributed by atoms with Crippen LogP contribution in [-0.4, -0.2) is 12.6 Å². The summed E-state index contributed by atoms with van der Waals surface area (Å²) in [4.78, 5) is 21.9. The Labute approximate surface area is 213 Å². The number of hydrogen-bond donors (Lipinski definition) is 0. The zero-order valence-electron chi connectivity index (χ0n) is 23.0. The molecule has 0 N–H and O–H groups in total. The van der Waals surface area contributed by atoms with E-state index in [1.807, 2.05) is 0 Å². The van der Waals surface area contributed by atoms with Crippen LogP contribution >= 0.6 is 0 Å². The van der Waals surface area contributed by atoms with E-state index in [1.165, 1.54) is 161 Å². The van der Waals surface area contributed by atoms with E-state index >= 15 is 0 Å². The smallest absolute Gasteiger partial charge is 0.133 e. The first kappa shape index (κ1) is 31.4. The van der Waals surface area contributed by atoms with Gasteiger partial charge in [-0.25, -0.2) is 0 Å². The van der Waals surface area contributed by atoms with Crippen LogP contribution in [0.15, 0.2) is 0 Å². The summed E-state index contributed by atoms with van der Waals surface area (Å²) in [6.07, 6.45) is 41.5. The van der Waals surface area contributed by atoms with Gasteiger partial charge in [0.15, 0.2) is 0 Å². The first-order valence-electron chi connectivity index (χ1n) is 15.8. The molecule has 3 aliphatic rings. The van der Waals surface area contributed by atoms with Gasteiger partial charge in [0, 0.05) is 0 Å². The molecular formula is C32H60O2. The van der Waals surface area contributed by atoms with Crippen molar-refractivity contribution in [3.8, 4) is 0 Å². The summed E-state index contributed by atoms with van der Waals surface area (Å²) in [5, 5.41) is 0. The largest absolute Gasteiger partial charge is 0.302 e. The van der Waals surface area contributed by atoms with Crippen LogP contribution in [0.1, 0.15) is 186 Å². The molecule has 0 aromatic carbocycles. The average molecular weight is 477 g/mol. The second-order valence-electron chi connectivity index (χ2n) is 11.5. The number of carbonyl (C=O) groups excluding carboxylic acids is 2. The van der Waals surface area contributed by atoms with E-state index in [-0.39, 0.29) is 0 Å². The summed E-state index contributed by atoms with van der Waals surface area (Å²) in [5.74, 6) is 0. The standard InChI is InChI=1S/C12H20O2.2C10H20/c13-10-12(11-14)8-6-4-2-1-3-5-7-9-12;2*1-2-4-6-8-10-9-7-5-3-1/h10-11H,1-9H2;2*1-10H2. The predicted octanol–water partition coefficient (Wildman–Crippen LogP) is 10.7. The lowest BCUT2D eigenvalue weighted by atomic mass is 9.80. The van der Waals surface area contributed by atoms with Gasteiger partial charge in [-0.05, 0) is 12.8 Å². The molecule has 3 aliphatic carbocycles. The van der Waals surface area contributed by atoms with Crippen LogP contribution in [0.2, 0.25) is 0 Å². The lowest BCUT2D eigenvalue weighted by Crippen LogP contribution is -2.24. The zero-order valence-corrected chi connectivity index (χ0v) is 23.0. The molecule has 3 saturated carbocycles. The van der Waals surface area contributed by atoms with Crippen molar-refractivity contribution < 1.29 is 9.59 Å². The Morgan fingerprint density at radius 2 is 0.412 bits per heavy atom. The Morgan fingerprint density at radius 1 is 0.265 bits per heavy atom. The second kappa shape index (κ2) is 24.1. The third-order valence-electron chi connectivity index (χ3n) is 8.25. The molecule has 3 rings (SSSR count). The Kier molecular flexibility index (Phi) is 22.2. The van der Waals surface area contributed by atoms with Crippen LogP contribution in [-0.2, 0) is 9.59 Å². The Hall–Kier alpha value is -0.660. The minimum absolute atomic E-state index is 0.642. The molecule has 0 spiro atoms. The molecule has 0 saturated heterocycles. The highest BCUT2D eigenvalue weighted by atomic mass is 16.1. The van der Waals surface area contributed by atoms with E-state index in [9.17, 15) is 9.59 Å². The fourth-order valence-electron chi connectivity index (χ4n) is 5.72. The van der Waals surface area contributed by atoms with Gasteiger partial charge in [0.05, 0.1) is 5.41 Å². The molecular weight excluding hydrogens is 416 g/mol. The quantitative estimate of drug-likeness (QED) is 0.293. The molecule has 34 heavy (non-hydrogen) atoms. The number of aldehydes is 2. The molecule has 0 atom stereocenters. The topological polar surface area (TPSA) is 34.1 Å². The normalized spacial score (nSPS) is 23.9. The zero-order chi connectivity index (χ0) is 24.4. The monoisotopic (exact) mass is 476 g/mol. The molecule has 2 heteroatoms. The second-order valence-corrected chi connectivity index (χ2v) is 11.5. The van der Waals surface area contributed by atoms with Gasteiger partial charge in [0.25, 0.3) is 0 Å². The summed E-state index contributed by atoms with van der Waals surface area (Å²) >= 11 is 0. The van der Waals surface area contributed by atoms with Gasteiger partial charge in [-0.1, -0.05) is 173 Å². The highest BCUT2D eigenvalue weighted by Crippen LogP contribution is 2.29. The Balaban J connectivity index is 0.000000261. The third-order valence-corrected chi connectivity index (χ3v) is 8.25. The molecule has 3 fully saturated rings. The number of rotatable bonds is 2. The maximum atomic E-state index is 10.9. The van der Waals surface area contributed by atoms with Crippen molar-refractivity contribution in [2.24, 2.45) is 5.41 Å². The Morgan fingerprint density at radius 3 is 0.559 bits per heavy atom. The van der Waals surface area contributed by atoms with Gasteiger partial charge in [-0.3, -0.25) is 0 Å². The Bertz CT molecular complexity index is 338. The summed E-state index contributed by atoms with van der Waals surface area (Å²) in [6.45, 7) is 0. The molecule has 0 unspecified atom stereocenters. The first-order valence-corrected chi connectivity index (χ1v) is 15.8. The molecule has 200 valence electrons. The lowest BCUT2D eigenvalue weighted by Gasteiger charge is -2.22. The minimum atomic E-state index is -0.642. The third kappa shape index (κ3) is 18.6. The van der Waals surface area contributed by atoms with Gasteiger partial charge in [0.1, 0.15) is 12.6 Å². The van der Waals surface area contributed by atoms with E-state index < -0.39 is 5.41 Å². The van der Waals surface area contributed by atoms with Gasteiger partial charge in [-0.15, -0.1) is 0 Å². The van der Waals surface area contributed by atoms with Crippen molar-refractivity contribution in [2.45, 2.75) is 186 Å². The molecule has 0 radical (unpaired) electrons. The highest BCUT2D eigenvalue weighted by molar-refractivity contribution is 5.83. The van der Waals surface area contributed by atoms with Crippen molar-refractivity contribution in [3.05, 3.63) is 0 Å². The highest BCUT2D eigenvalue weighted by Gasteiger charge is 2.28. The van der Waals surface area contributed by atoms with Gasteiger partial charge >= 0.3 is 0 Å². The van der Waals surface area contributed by atoms with Crippen LogP contribution in [0.5, 0.6) is 0 Å². The van der Waals surface area contributed by atoms with E-state index in [2.05, 4.69) is 0 Å². The van der Waals surface area contributed by atoms with E-state index in [0.717, 1.165) is 38.3 Å². The van der Waals surface area contributed by atoms with Crippen LogP contribution < -0.4 is 0 Å². The molecule has 0 bridgehead atoms. The lowest BCUT2D eigenvalue weighted by molar-refractivity contribution is -0.127. The van der Waals surface area contributed by atoms with E-state index in [4.69, 9.17) is 0 Å². The summed E-state index contributed by atoms with van der Waals surface area (Å²) in [5.41, 5.74) is -0.642.